The number of fused-ring (bicyclic) bond motifs is 2. The molecule has 9 heteroatoms. The van der Waals surface area contributed by atoms with E-state index in [0.717, 1.165) is 0 Å². The zero-order chi connectivity index (χ0) is 18.1. The molecule has 4 rings (SSSR count). The van der Waals surface area contributed by atoms with E-state index < -0.39 is 6.10 Å². The molecule has 1 aromatic heterocycles. The molecule has 1 atom stereocenters. The van der Waals surface area contributed by atoms with E-state index in [1.54, 1.807) is 43.3 Å². The van der Waals surface area contributed by atoms with Crippen molar-refractivity contribution in [1.82, 2.24) is 15.2 Å². The molecule has 0 radical (unpaired) electrons. The van der Waals surface area contributed by atoms with Gasteiger partial charge in [-0.25, -0.2) is 0 Å². The number of carbonyl (C=O) groups excluding carboxylic acids is 1. The van der Waals surface area contributed by atoms with Crippen molar-refractivity contribution in [3.63, 3.8) is 0 Å². The van der Waals surface area contributed by atoms with Crippen molar-refractivity contribution in [2.45, 2.75) is 13.0 Å². The van der Waals surface area contributed by atoms with Crippen molar-refractivity contribution in [2.24, 2.45) is 0 Å². The Kier molecular flexibility index (Phi) is 4.26. The highest BCUT2D eigenvalue weighted by Crippen LogP contribution is 2.32. The van der Waals surface area contributed by atoms with E-state index in [-0.39, 0.29) is 5.91 Å². The molecule has 1 N–H and O–H groups in total. The number of aromatic nitrogens is 3. The molecule has 1 aliphatic heterocycles. The first-order chi connectivity index (χ1) is 12.6. The Labute approximate surface area is 153 Å². The number of anilines is 1. The van der Waals surface area contributed by atoms with E-state index in [1.165, 1.54) is 4.85 Å². The fourth-order valence-electron chi connectivity index (χ4n) is 2.51. The number of ether oxygens (including phenoxy) is 2. The van der Waals surface area contributed by atoms with Crippen LogP contribution < -0.4 is 19.6 Å². The van der Waals surface area contributed by atoms with Gasteiger partial charge in [-0.05, 0) is 42.5 Å². The topological polar surface area (TPSA) is 87.5 Å². The molecule has 2 heterocycles. The van der Waals surface area contributed by atoms with Crippen LogP contribution in [0.15, 0.2) is 36.4 Å². The quantitative estimate of drug-likeness (QED) is 0.754. The fourth-order valence-corrected chi connectivity index (χ4v) is 2.68. The number of carbonyl (C=O) groups is 1. The summed E-state index contributed by atoms with van der Waals surface area (Å²) in [5.74, 6) is 0.913. The summed E-state index contributed by atoms with van der Waals surface area (Å²) in [6, 6.07) is 10.3. The van der Waals surface area contributed by atoms with Crippen molar-refractivity contribution >= 4 is 34.2 Å². The van der Waals surface area contributed by atoms with Crippen LogP contribution in [0.25, 0.3) is 11.0 Å². The molecule has 0 fully saturated rings. The van der Waals surface area contributed by atoms with Gasteiger partial charge in [0.2, 0.25) is 6.10 Å². The largest absolute Gasteiger partial charge is 0.486 e. The minimum Gasteiger partial charge on any atom is -0.486 e. The zero-order valence-electron chi connectivity index (χ0n) is 13.8. The molecule has 0 aliphatic carbocycles. The summed E-state index contributed by atoms with van der Waals surface area (Å²) in [5.41, 5.74) is 1.78. The van der Waals surface area contributed by atoms with Crippen LogP contribution in [0.1, 0.15) is 6.92 Å². The molecule has 2 aromatic carbocycles. The number of nitrogens with one attached hydrogen (secondary N) is 1. The van der Waals surface area contributed by atoms with Crippen LogP contribution in [-0.4, -0.2) is 40.4 Å². The maximum Gasteiger partial charge on any atom is 0.267 e. The van der Waals surface area contributed by atoms with Crippen molar-refractivity contribution in [3.05, 3.63) is 41.4 Å². The summed E-state index contributed by atoms with van der Waals surface area (Å²) >= 11 is 5.99. The Bertz CT molecular complexity index is 975. The lowest BCUT2D eigenvalue weighted by atomic mass is 10.2. The Morgan fingerprint density at radius 3 is 2.88 bits per heavy atom. The fraction of sp³-hybridized carbons (Fsp3) is 0.235. The number of hydrogen-bond donors (Lipinski definition) is 1. The van der Waals surface area contributed by atoms with Crippen molar-refractivity contribution < 1.29 is 19.1 Å². The average Bonchev–Trinajstić information content (AvgIpc) is 3.03. The molecule has 0 bridgehead atoms. The third-order valence-electron chi connectivity index (χ3n) is 3.81. The van der Waals surface area contributed by atoms with Gasteiger partial charge in [-0.15, -0.1) is 5.10 Å². The number of benzene rings is 2. The Hall–Kier alpha value is -3.00. The molecular formula is C17H15ClN4O4. The molecule has 0 spiro atoms. The van der Waals surface area contributed by atoms with Crippen LogP contribution in [0.4, 0.5) is 5.69 Å². The number of hydrogen-bond acceptors (Lipinski definition) is 6. The summed E-state index contributed by atoms with van der Waals surface area (Å²) in [6.45, 7) is 2.61. The highest BCUT2D eigenvalue weighted by Gasteiger charge is 2.19. The smallest absolute Gasteiger partial charge is 0.267 e. The van der Waals surface area contributed by atoms with Crippen molar-refractivity contribution in [2.75, 3.05) is 18.5 Å². The Morgan fingerprint density at radius 2 is 2.04 bits per heavy atom. The summed E-state index contributed by atoms with van der Waals surface area (Å²) in [4.78, 5) is 19.2. The number of amides is 1. The van der Waals surface area contributed by atoms with Gasteiger partial charge in [0.05, 0.1) is 0 Å². The number of nitrogens with zero attached hydrogens (tertiary/aromatic N) is 3. The molecule has 8 nitrogen and oxygen atoms in total. The Morgan fingerprint density at radius 1 is 1.23 bits per heavy atom. The van der Waals surface area contributed by atoms with Crippen LogP contribution in [0.3, 0.4) is 0 Å². The van der Waals surface area contributed by atoms with Gasteiger partial charge in [0, 0.05) is 16.8 Å². The predicted molar refractivity (Wildman–Crippen MR) is 94.6 cm³/mol. The van der Waals surface area contributed by atoms with Crippen LogP contribution in [0.5, 0.6) is 11.5 Å². The SMILES string of the molecule is C[C@H](On1nnc2ccc(Cl)cc21)C(=O)Nc1ccc2c(c1)OCCO2. The third-order valence-corrected chi connectivity index (χ3v) is 4.05. The first-order valence-corrected chi connectivity index (χ1v) is 8.36. The minimum absolute atomic E-state index is 0.340. The second kappa shape index (κ2) is 6.72. The molecule has 0 saturated carbocycles. The van der Waals surface area contributed by atoms with E-state index in [2.05, 4.69) is 15.6 Å². The number of rotatable bonds is 4. The molecule has 1 amide bonds. The first-order valence-electron chi connectivity index (χ1n) is 7.99. The highest BCUT2D eigenvalue weighted by atomic mass is 35.5. The van der Waals surface area contributed by atoms with Gasteiger partial charge in [0.15, 0.2) is 11.5 Å². The molecule has 134 valence electrons. The van der Waals surface area contributed by atoms with Crippen LogP contribution >= 0.6 is 11.6 Å². The second-order valence-corrected chi connectivity index (χ2v) is 6.13. The number of halogens is 1. The van der Waals surface area contributed by atoms with Crippen LogP contribution in [-0.2, 0) is 4.79 Å². The van der Waals surface area contributed by atoms with Crippen molar-refractivity contribution in [1.29, 1.82) is 0 Å². The third kappa shape index (κ3) is 3.23. The van der Waals surface area contributed by atoms with Gasteiger partial charge < -0.3 is 19.6 Å². The second-order valence-electron chi connectivity index (χ2n) is 5.69. The lowest BCUT2D eigenvalue weighted by molar-refractivity contribution is -0.127. The Balaban J connectivity index is 1.46. The molecule has 1 aliphatic rings. The summed E-state index contributed by atoms with van der Waals surface area (Å²) in [6.07, 6.45) is -0.813. The van der Waals surface area contributed by atoms with Gasteiger partial charge >= 0.3 is 0 Å². The van der Waals surface area contributed by atoms with E-state index >= 15 is 0 Å². The van der Waals surface area contributed by atoms with Crippen LogP contribution in [0.2, 0.25) is 5.02 Å². The van der Waals surface area contributed by atoms with E-state index in [9.17, 15) is 4.79 Å². The van der Waals surface area contributed by atoms with Gasteiger partial charge in [0.25, 0.3) is 5.91 Å². The average molecular weight is 375 g/mol. The lowest BCUT2D eigenvalue weighted by Crippen LogP contribution is -2.35. The van der Waals surface area contributed by atoms with Gasteiger partial charge in [-0.2, -0.15) is 0 Å². The maximum atomic E-state index is 12.4. The summed E-state index contributed by atoms with van der Waals surface area (Å²) in [5, 5.41) is 11.2. The standard InChI is InChI=1S/C17H15ClN4O4/c1-10(26-22-14-8-11(18)2-4-13(14)20-21-22)17(23)19-12-3-5-15-16(9-12)25-7-6-24-15/h2-5,8-10H,6-7H2,1H3,(H,19,23)/t10-/m0/s1. The van der Waals surface area contributed by atoms with E-state index in [0.29, 0.717) is 46.5 Å². The lowest BCUT2D eigenvalue weighted by Gasteiger charge is -2.19. The summed E-state index contributed by atoms with van der Waals surface area (Å²) < 4.78 is 11.0. The molecular weight excluding hydrogens is 360 g/mol. The predicted octanol–water partition coefficient (Wildman–Crippen LogP) is 2.31. The molecule has 3 aromatic rings. The molecule has 26 heavy (non-hydrogen) atoms. The van der Waals surface area contributed by atoms with Gasteiger partial charge in [-0.1, -0.05) is 16.4 Å². The van der Waals surface area contributed by atoms with Gasteiger partial charge in [0.1, 0.15) is 24.2 Å². The monoisotopic (exact) mass is 374 g/mol. The van der Waals surface area contributed by atoms with E-state index in [1.807, 2.05) is 0 Å². The zero-order valence-corrected chi connectivity index (χ0v) is 14.6. The maximum absolute atomic E-state index is 12.4. The summed E-state index contributed by atoms with van der Waals surface area (Å²) in [7, 11) is 0. The first kappa shape index (κ1) is 16.5. The molecule has 0 saturated heterocycles. The highest BCUT2D eigenvalue weighted by molar-refractivity contribution is 6.31. The molecule has 0 unspecified atom stereocenters. The van der Waals surface area contributed by atoms with E-state index in [4.69, 9.17) is 25.9 Å². The normalized spacial score (nSPS) is 14.1. The van der Waals surface area contributed by atoms with Crippen molar-refractivity contribution in [3.8, 4) is 11.5 Å². The van der Waals surface area contributed by atoms with Gasteiger partial charge in [-0.3, -0.25) is 4.79 Å². The minimum atomic E-state index is -0.813. The van der Waals surface area contributed by atoms with Crippen LogP contribution in [0, 0.1) is 0 Å².